The van der Waals surface area contributed by atoms with Crippen molar-refractivity contribution in [1.82, 2.24) is 0 Å². The quantitative estimate of drug-likeness (QED) is 0.513. The van der Waals surface area contributed by atoms with Crippen molar-refractivity contribution in [2.45, 2.75) is 25.7 Å². The molecule has 1 N–H and O–H groups in total. The monoisotopic (exact) mass is 296 g/mol. The third kappa shape index (κ3) is 3.48. The molecule has 0 spiro atoms. The zero-order valence-electron chi connectivity index (χ0n) is 11.7. The van der Waals surface area contributed by atoms with Gasteiger partial charge in [0.05, 0.1) is 23.7 Å². The molecule has 0 aromatic heterocycles. The van der Waals surface area contributed by atoms with Crippen molar-refractivity contribution in [3.8, 4) is 0 Å². The topological polar surface area (TPSA) is 81.5 Å². The SMILES string of the molecule is COC(=O)c1cc(NCC2CCCC2)c([N+](=O)[O-])cc1F. The maximum Gasteiger partial charge on any atom is 0.340 e. The van der Waals surface area contributed by atoms with Gasteiger partial charge in [-0.25, -0.2) is 9.18 Å². The number of benzene rings is 1. The molecule has 0 amide bonds. The van der Waals surface area contributed by atoms with Crippen molar-refractivity contribution < 1.29 is 18.8 Å². The summed E-state index contributed by atoms with van der Waals surface area (Å²) in [6.07, 6.45) is 4.47. The second kappa shape index (κ2) is 6.51. The molecule has 1 aliphatic rings. The molecule has 1 aromatic carbocycles. The van der Waals surface area contributed by atoms with E-state index in [-0.39, 0.29) is 16.9 Å². The van der Waals surface area contributed by atoms with E-state index in [2.05, 4.69) is 10.1 Å². The van der Waals surface area contributed by atoms with Gasteiger partial charge >= 0.3 is 5.97 Å². The predicted octanol–water partition coefficient (Wildman–Crippen LogP) is 3.12. The lowest BCUT2D eigenvalue weighted by Gasteiger charge is -2.13. The second-order valence-electron chi connectivity index (χ2n) is 5.13. The highest BCUT2D eigenvalue weighted by Crippen LogP contribution is 2.30. The number of nitro groups is 1. The molecule has 1 aliphatic carbocycles. The van der Waals surface area contributed by atoms with E-state index in [9.17, 15) is 19.3 Å². The van der Waals surface area contributed by atoms with Crippen molar-refractivity contribution in [2.24, 2.45) is 5.92 Å². The van der Waals surface area contributed by atoms with E-state index in [4.69, 9.17) is 0 Å². The minimum atomic E-state index is -0.958. The van der Waals surface area contributed by atoms with E-state index >= 15 is 0 Å². The summed E-state index contributed by atoms with van der Waals surface area (Å²) in [5.74, 6) is -1.36. The fourth-order valence-corrected chi connectivity index (χ4v) is 2.59. The Balaban J connectivity index is 2.26. The lowest BCUT2D eigenvalue weighted by Crippen LogP contribution is -2.14. The summed E-state index contributed by atoms with van der Waals surface area (Å²) in [7, 11) is 1.13. The summed E-state index contributed by atoms with van der Waals surface area (Å²) >= 11 is 0. The van der Waals surface area contributed by atoms with Gasteiger partial charge in [0.1, 0.15) is 11.5 Å². The van der Waals surface area contributed by atoms with Gasteiger partial charge < -0.3 is 10.1 Å². The maximum atomic E-state index is 13.7. The van der Waals surface area contributed by atoms with Crippen molar-refractivity contribution in [1.29, 1.82) is 0 Å². The summed E-state index contributed by atoms with van der Waals surface area (Å²) in [4.78, 5) is 21.8. The molecule has 0 radical (unpaired) electrons. The highest BCUT2D eigenvalue weighted by atomic mass is 19.1. The Morgan fingerprint density at radius 1 is 1.48 bits per heavy atom. The summed E-state index contributed by atoms with van der Waals surface area (Å²) in [5, 5.41) is 14.0. The Morgan fingerprint density at radius 3 is 2.71 bits per heavy atom. The Morgan fingerprint density at radius 2 is 2.14 bits per heavy atom. The number of nitrogens with zero attached hydrogens (tertiary/aromatic N) is 1. The van der Waals surface area contributed by atoms with Crippen molar-refractivity contribution in [2.75, 3.05) is 19.0 Å². The van der Waals surface area contributed by atoms with Crippen LogP contribution in [0.2, 0.25) is 0 Å². The molecule has 0 bridgehead atoms. The molecule has 1 fully saturated rings. The maximum absolute atomic E-state index is 13.7. The molecule has 114 valence electrons. The van der Waals surface area contributed by atoms with Crippen molar-refractivity contribution >= 4 is 17.3 Å². The van der Waals surface area contributed by atoms with Crippen molar-refractivity contribution in [3.63, 3.8) is 0 Å². The summed E-state index contributed by atoms with van der Waals surface area (Å²) in [6, 6.07) is 1.90. The van der Waals surface area contributed by atoms with E-state index in [1.165, 1.54) is 0 Å². The van der Waals surface area contributed by atoms with Crippen LogP contribution >= 0.6 is 0 Å². The molecule has 0 aliphatic heterocycles. The van der Waals surface area contributed by atoms with Crippen LogP contribution in [-0.4, -0.2) is 24.5 Å². The first kappa shape index (κ1) is 15.2. The number of anilines is 1. The zero-order chi connectivity index (χ0) is 15.4. The van der Waals surface area contributed by atoms with Gasteiger partial charge in [-0.3, -0.25) is 10.1 Å². The zero-order valence-corrected chi connectivity index (χ0v) is 11.7. The molecule has 1 aromatic rings. The van der Waals surface area contributed by atoms with Crippen LogP contribution in [0.4, 0.5) is 15.8 Å². The molecule has 7 heteroatoms. The van der Waals surface area contributed by atoms with E-state index < -0.39 is 16.7 Å². The summed E-state index contributed by atoms with van der Waals surface area (Å²) in [6.45, 7) is 0.576. The lowest BCUT2D eigenvalue weighted by molar-refractivity contribution is -0.384. The Kier molecular flexibility index (Phi) is 4.72. The van der Waals surface area contributed by atoms with Crippen LogP contribution < -0.4 is 5.32 Å². The lowest BCUT2D eigenvalue weighted by atomic mass is 10.1. The van der Waals surface area contributed by atoms with E-state index in [0.717, 1.165) is 44.9 Å². The van der Waals surface area contributed by atoms with Crippen LogP contribution in [0.1, 0.15) is 36.0 Å². The molecule has 0 saturated heterocycles. The van der Waals surface area contributed by atoms with Crippen LogP contribution in [-0.2, 0) is 4.74 Å². The normalized spacial score (nSPS) is 15.0. The smallest absolute Gasteiger partial charge is 0.340 e. The highest BCUT2D eigenvalue weighted by Gasteiger charge is 2.23. The average Bonchev–Trinajstić information content (AvgIpc) is 2.98. The number of hydrogen-bond acceptors (Lipinski definition) is 5. The van der Waals surface area contributed by atoms with Gasteiger partial charge in [-0.2, -0.15) is 0 Å². The van der Waals surface area contributed by atoms with Gasteiger partial charge in [0.15, 0.2) is 0 Å². The van der Waals surface area contributed by atoms with E-state index in [0.29, 0.717) is 12.5 Å². The number of carbonyl (C=O) groups excluding carboxylic acids is 1. The van der Waals surface area contributed by atoms with Gasteiger partial charge in [-0.05, 0) is 24.8 Å². The third-order valence-corrected chi connectivity index (χ3v) is 3.74. The number of carbonyl (C=O) groups is 1. The number of ether oxygens (including phenoxy) is 1. The third-order valence-electron chi connectivity index (χ3n) is 3.74. The largest absolute Gasteiger partial charge is 0.465 e. The summed E-state index contributed by atoms with van der Waals surface area (Å²) < 4.78 is 18.2. The van der Waals surface area contributed by atoms with Crippen LogP contribution in [0.25, 0.3) is 0 Å². The van der Waals surface area contributed by atoms with E-state index in [1.807, 2.05) is 0 Å². The number of esters is 1. The molecule has 0 atom stereocenters. The van der Waals surface area contributed by atoms with Crippen LogP contribution in [0, 0.1) is 21.8 Å². The first-order chi connectivity index (χ1) is 10.0. The Labute approximate surface area is 121 Å². The van der Waals surface area contributed by atoms with Crippen LogP contribution in [0.5, 0.6) is 0 Å². The number of rotatable bonds is 5. The number of hydrogen-bond donors (Lipinski definition) is 1. The van der Waals surface area contributed by atoms with Crippen LogP contribution in [0.15, 0.2) is 12.1 Å². The number of halogens is 1. The van der Waals surface area contributed by atoms with Gasteiger partial charge in [-0.15, -0.1) is 0 Å². The molecule has 21 heavy (non-hydrogen) atoms. The highest BCUT2D eigenvalue weighted by molar-refractivity contribution is 5.91. The Hall–Kier alpha value is -2.18. The molecule has 1 saturated carbocycles. The number of nitro benzene ring substituents is 1. The fraction of sp³-hybridized carbons (Fsp3) is 0.500. The van der Waals surface area contributed by atoms with Gasteiger partial charge in [0, 0.05) is 6.54 Å². The summed E-state index contributed by atoms with van der Waals surface area (Å²) in [5.41, 5.74) is -0.538. The Bertz CT molecular complexity index is 556. The molecule has 2 rings (SSSR count). The first-order valence-electron chi connectivity index (χ1n) is 6.83. The fourth-order valence-electron chi connectivity index (χ4n) is 2.59. The van der Waals surface area contributed by atoms with E-state index in [1.54, 1.807) is 0 Å². The van der Waals surface area contributed by atoms with Gasteiger partial charge in [-0.1, -0.05) is 12.8 Å². The van der Waals surface area contributed by atoms with Gasteiger partial charge in [0.25, 0.3) is 5.69 Å². The van der Waals surface area contributed by atoms with Crippen LogP contribution in [0.3, 0.4) is 0 Å². The molecular formula is C14H17FN2O4. The first-order valence-corrected chi connectivity index (χ1v) is 6.83. The molecule has 6 nitrogen and oxygen atoms in total. The molecular weight excluding hydrogens is 279 g/mol. The predicted molar refractivity (Wildman–Crippen MR) is 74.8 cm³/mol. The molecule has 0 unspecified atom stereocenters. The van der Waals surface area contributed by atoms with Gasteiger partial charge in [0.2, 0.25) is 0 Å². The number of nitrogens with one attached hydrogen (secondary N) is 1. The average molecular weight is 296 g/mol. The number of methoxy groups -OCH3 is 1. The second-order valence-corrected chi connectivity index (χ2v) is 5.13. The minimum Gasteiger partial charge on any atom is -0.465 e. The standard InChI is InChI=1S/C14H17FN2O4/c1-21-14(18)10-6-12(13(17(19)20)7-11(10)15)16-8-9-4-2-3-5-9/h6-7,9,16H,2-5,8H2,1H3. The molecule has 0 heterocycles. The van der Waals surface area contributed by atoms with Crippen molar-refractivity contribution in [3.05, 3.63) is 33.6 Å². The minimum absolute atomic E-state index is 0.147.